The average molecular weight is 688 g/mol. The summed E-state index contributed by atoms with van der Waals surface area (Å²) < 4.78 is 2.07. The third-order valence-corrected chi connectivity index (χ3v) is 11.5. The van der Waals surface area contributed by atoms with Gasteiger partial charge in [0.25, 0.3) is 11.8 Å². The molecule has 0 bridgehead atoms. The van der Waals surface area contributed by atoms with Crippen molar-refractivity contribution >= 4 is 56.7 Å². The number of carbonyl (C=O) groups excluding carboxylic acids is 3. The Morgan fingerprint density at radius 3 is 2.42 bits per heavy atom. The smallest absolute Gasteiger partial charge is 0.335 e. The summed E-state index contributed by atoms with van der Waals surface area (Å²) in [4.78, 5) is 57.5. The molecule has 10 nitrogen and oxygen atoms in total. The maximum atomic E-state index is 14.0. The van der Waals surface area contributed by atoms with Gasteiger partial charge in [0.2, 0.25) is 5.91 Å². The number of rotatable bonds is 7. The van der Waals surface area contributed by atoms with Crippen LogP contribution in [-0.4, -0.2) is 43.9 Å². The topological polar surface area (TPSA) is 142 Å². The lowest BCUT2D eigenvalue weighted by Gasteiger charge is -2.28. The number of carboxylic acids is 1. The Morgan fingerprint density at radius 2 is 1.66 bits per heavy atom. The Labute approximate surface area is 292 Å². The molecular formula is C39H37N5O5S. The molecule has 2 aliphatic carbocycles. The number of para-hydroxylation sites is 1. The Hall–Kier alpha value is -5.29. The number of benzene rings is 3. The van der Waals surface area contributed by atoms with Crippen molar-refractivity contribution in [3.05, 3.63) is 89.6 Å². The SMILES string of the molecule is O=C1Cn2c(c(C3CCCCC3)c3ccc(C(=O)NC4(C(=O)Nc5ncc(-c6ccc(C(=O)O)cc6)s5)CCCC4)cc32)-c2ccccc2N1. The highest BCUT2D eigenvalue weighted by atomic mass is 32.1. The van der Waals surface area contributed by atoms with E-state index in [9.17, 15) is 24.3 Å². The molecule has 0 atom stereocenters. The number of amides is 3. The van der Waals surface area contributed by atoms with Crippen LogP contribution in [0.4, 0.5) is 10.8 Å². The van der Waals surface area contributed by atoms with Crippen LogP contribution in [0.1, 0.15) is 90.0 Å². The number of nitrogens with zero attached hydrogens (tertiary/aromatic N) is 2. The van der Waals surface area contributed by atoms with Crippen LogP contribution in [0.25, 0.3) is 32.6 Å². The Morgan fingerprint density at radius 1 is 0.920 bits per heavy atom. The minimum absolute atomic E-state index is 0.109. The number of nitrogens with one attached hydrogen (secondary N) is 3. The lowest BCUT2D eigenvalue weighted by molar-refractivity contribution is -0.122. The highest BCUT2D eigenvalue weighted by molar-refractivity contribution is 7.19. The first-order valence-corrected chi connectivity index (χ1v) is 18.1. The number of thiazole rings is 1. The van der Waals surface area contributed by atoms with E-state index < -0.39 is 11.5 Å². The normalized spacial score (nSPS) is 17.0. The predicted molar refractivity (Wildman–Crippen MR) is 194 cm³/mol. The summed E-state index contributed by atoms with van der Waals surface area (Å²) in [5, 5.41) is 19.8. The van der Waals surface area contributed by atoms with Crippen molar-refractivity contribution in [3.63, 3.8) is 0 Å². The minimum atomic E-state index is -1.09. The van der Waals surface area contributed by atoms with Crippen molar-refractivity contribution in [2.45, 2.75) is 75.8 Å². The molecule has 5 aromatic rings. The van der Waals surface area contributed by atoms with E-state index in [1.165, 1.54) is 48.3 Å². The van der Waals surface area contributed by atoms with E-state index in [0.717, 1.165) is 64.0 Å². The van der Waals surface area contributed by atoms with Gasteiger partial charge >= 0.3 is 5.97 Å². The van der Waals surface area contributed by atoms with Crippen LogP contribution < -0.4 is 16.0 Å². The minimum Gasteiger partial charge on any atom is -0.478 e. The van der Waals surface area contributed by atoms with Crippen LogP contribution in [0.15, 0.2) is 72.9 Å². The first kappa shape index (κ1) is 31.9. The highest BCUT2D eigenvalue weighted by Gasteiger charge is 2.43. The third-order valence-electron chi connectivity index (χ3n) is 10.5. The summed E-state index contributed by atoms with van der Waals surface area (Å²) in [5.41, 5.74) is 5.26. The van der Waals surface area contributed by atoms with Crippen molar-refractivity contribution < 1.29 is 24.3 Å². The number of anilines is 2. The van der Waals surface area contributed by atoms with E-state index in [2.05, 4.69) is 31.6 Å². The molecule has 50 heavy (non-hydrogen) atoms. The number of carbonyl (C=O) groups is 4. The molecule has 3 amide bonds. The van der Waals surface area contributed by atoms with E-state index in [-0.39, 0.29) is 29.8 Å². The van der Waals surface area contributed by atoms with Crippen molar-refractivity contribution in [1.29, 1.82) is 0 Å². The molecule has 254 valence electrons. The van der Waals surface area contributed by atoms with Gasteiger partial charge in [-0.15, -0.1) is 0 Å². The molecule has 2 saturated carbocycles. The standard InChI is InChI=1S/C39H37N5O5S/c45-32-22-44-30-20-26(16-17-28(30)33(24-8-2-1-3-9-24)34(44)27-10-4-5-11-29(27)41-32)35(46)43-39(18-6-7-19-39)37(49)42-38-40-21-31(50-38)23-12-14-25(15-13-23)36(47)48/h4-5,10-17,20-21,24H,1-3,6-9,18-19,22H2,(H,41,45)(H,43,46)(H,47,48)(H,40,42,49). The zero-order chi connectivity index (χ0) is 34.4. The van der Waals surface area contributed by atoms with Gasteiger partial charge in [-0.05, 0) is 73.1 Å². The van der Waals surface area contributed by atoms with E-state index in [0.29, 0.717) is 29.5 Å². The lowest BCUT2D eigenvalue weighted by Crippen LogP contribution is -2.55. The monoisotopic (exact) mass is 687 g/mol. The van der Waals surface area contributed by atoms with Crippen LogP contribution >= 0.6 is 11.3 Å². The van der Waals surface area contributed by atoms with Gasteiger partial charge in [0.15, 0.2) is 5.13 Å². The van der Waals surface area contributed by atoms with Gasteiger partial charge in [-0.25, -0.2) is 9.78 Å². The molecule has 1 aliphatic heterocycles. The largest absolute Gasteiger partial charge is 0.478 e. The molecular weight excluding hydrogens is 651 g/mol. The number of fused-ring (bicyclic) bond motifs is 5. The fraction of sp³-hybridized carbons (Fsp3) is 0.308. The fourth-order valence-electron chi connectivity index (χ4n) is 8.04. The average Bonchev–Trinajstić information content (AvgIpc) is 3.85. The van der Waals surface area contributed by atoms with E-state index in [1.54, 1.807) is 18.3 Å². The molecule has 2 fully saturated rings. The van der Waals surface area contributed by atoms with E-state index in [1.807, 2.05) is 36.4 Å². The zero-order valence-electron chi connectivity index (χ0n) is 27.5. The van der Waals surface area contributed by atoms with Gasteiger partial charge in [-0.2, -0.15) is 0 Å². The summed E-state index contributed by atoms with van der Waals surface area (Å²) in [6.45, 7) is 0.143. The van der Waals surface area contributed by atoms with Crippen molar-refractivity contribution in [2.24, 2.45) is 0 Å². The second-order valence-corrected chi connectivity index (χ2v) is 14.6. The fourth-order valence-corrected chi connectivity index (χ4v) is 8.86. The maximum Gasteiger partial charge on any atom is 0.335 e. The van der Waals surface area contributed by atoms with E-state index >= 15 is 0 Å². The Kier molecular flexibility index (Phi) is 8.22. The van der Waals surface area contributed by atoms with Gasteiger partial charge in [0.05, 0.1) is 27.3 Å². The summed E-state index contributed by atoms with van der Waals surface area (Å²) >= 11 is 1.29. The summed E-state index contributed by atoms with van der Waals surface area (Å²) in [7, 11) is 0. The molecule has 0 unspecified atom stereocenters. The predicted octanol–water partition coefficient (Wildman–Crippen LogP) is 7.81. The second kappa shape index (κ2) is 12.9. The molecule has 0 radical (unpaired) electrons. The molecule has 8 rings (SSSR count). The molecule has 2 aromatic heterocycles. The van der Waals surface area contributed by atoms with Crippen molar-refractivity contribution in [2.75, 3.05) is 10.6 Å². The maximum absolute atomic E-state index is 14.0. The first-order chi connectivity index (χ1) is 24.3. The van der Waals surface area contributed by atoms with Gasteiger partial charge in [-0.3, -0.25) is 19.7 Å². The number of hydrogen-bond acceptors (Lipinski definition) is 6. The molecule has 0 saturated heterocycles. The van der Waals surface area contributed by atoms with Crippen molar-refractivity contribution in [1.82, 2.24) is 14.9 Å². The van der Waals surface area contributed by atoms with Gasteiger partial charge in [0, 0.05) is 22.7 Å². The molecule has 4 N–H and O–H groups in total. The van der Waals surface area contributed by atoms with E-state index in [4.69, 9.17) is 0 Å². The lowest BCUT2D eigenvalue weighted by atomic mass is 9.81. The molecule has 3 aromatic carbocycles. The van der Waals surface area contributed by atoms with Gasteiger partial charge < -0.3 is 20.3 Å². The van der Waals surface area contributed by atoms with Crippen LogP contribution in [0.3, 0.4) is 0 Å². The molecule has 3 aliphatic rings. The molecule has 3 heterocycles. The molecule has 11 heteroatoms. The van der Waals surface area contributed by atoms with Crippen LogP contribution in [0, 0.1) is 0 Å². The number of hydrogen-bond donors (Lipinski definition) is 4. The quantitative estimate of drug-likeness (QED) is 0.138. The second-order valence-electron chi connectivity index (χ2n) is 13.6. The Balaban J connectivity index is 1.09. The summed E-state index contributed by atoms with van der Waals surface area (Å²) in [5.74, 6) is -1.39. The Bertz CT molecular complexity index is 2160. The van der Waals surface area contributed by atoms with Crippen LogP contribution in [0.5, 0.6) is 0 Å². The first-order valence-electron chi connectivity index (χ1n) is 17.3. The number of aromatic nitrogens is 2. The van der Waals surface area contributed by atoms with Crippen molar-refractivity contribution in [3.8, 4) is 21.7 Å². The number of carboxylic acid groups (broad SMARTS) is 1. The third kappa shape index (κ3) is 5.75. The highest BCUT2D eigenvalue weighted by Crippen LogP contribution is 2.46. The molecule has 0 spiro atoms. The summed E-state index contributed by atoms with van der Waals surface area (Å²) in [6.07, 6.45) is 10.0. The van der Waals surface area contributed by atoms with Gasteiger partial charge in [-0.1, -0.05) is 79.8 Å². The van der Waals surface area contributed by atoms with Crippen LogP contribution in [-0.2, 0) is 16.1 Å². The summed E-state index contributed by atoms with van der Waals surface area (Å²) in [6, 6.07) is 20.2. The van der Waals surface area contributed by atoms with Crippen LogP contribution in [0.2, 0.25) is 0 Å². The number of aromatic carboxylic acids is 1. The zero-order valence-corrected chi connectivity index (χ0v) is 28.3. The van der Waals surface area contributed by atoms with Gasteiger partial charge in [0.1, 0.15) is 12.1 Å².